The fraction of sp³-hybridized carbons (Fsp3) is 1.00. The molecule has 2 aliphatic carbocycles. The lowest BCUT2D eigenvalue weighted by Crippen LogP contribution is -2.37. The molecule has 0 saturated heterocycles. The summed E-state index contributed by atoms with van der Waals surface area (Å²) in [5.74, 6) is 4.08. The predicted octanol–water partition coefficient (Wildman–Crippen LogP) is 2.93. The minimum Gasteiger partial charge on any atom is -0.0619 e. The Morgan fingerprint density at radius 1 is 0.900 bits per heavy atom. The second kappa shape index (κ2) is 1.60. The summed E-state index contributed by atoms with van der Waals surface area (Å²) >= 11 is 0. The standard InChI is InChI=1S/C10H18/c1-6-5-7(2)10(6)8(3)9(10)4/h6-9H,5H2,1-4H3. The van der Waals surface area contributed by atoms with E-state index in [1.165, 1.54) is 6.42 Å². The third-order valence-corrected chi connectivity index (χ3v) is 4.63. The van der Waals surface area contributed by atoms with Crippen molar-refractivity contribution in [2.24, 2.45) is 29.1 Å². The zero-order valence-electron chi connectivity index (χ0n) is 7.52. The molecule has 2 aliphatic rings. The van der Waals surface area contributed by atoms with Gasteiger partial charge in [0.05, 0.1) is 0 Å². The summed E-state index contributed by atoms with van der Waals surface area (Å²) in [5, 5.41) is 0. The maximum atomic E-state index is 2.43. The van der Waals surface area contributed by atoms with Crippen molar-refractivity contribution in [2.75, 3.05) is 0 Å². The van der Waals surface area contributed by atoms with Crippen molar-refractivity contribution in [1.29, 1.82) is 0 Å². The first-order valence-electron chi connectivity index (χ1n) is 4.61. The fourth-order valence-corrected chi connectivity index (χ4v) is 3.90. The average molecular weight is 138 g/mol. The summed E-state index contributed by atoms with van der Waals surface area (Å²) in [5.41, 5.74) is 0.806. The van der Waals surface area contributed by atoms with Gasteiger partial charge in [0, 0.05) is 0 Å². The van der Waals surface area contributed by atoms with Crippen LogP contribution in [0.4, 0.5) is 0 Å². The molecule has 0 aromatic heterocycles. The molecular formula is C10H18. The molecule has 0 heterocycles. The van der Waals surface area contributed by atoms with E-state index < -0.39 is 0 Å². The molecule has 2 saturated carbocycles. The van der Waals surface area contributed by atoms with E-state index in [4.69, 9.17) is 0 Å². The third-order valence-electron chi connectivity index (χ3n) is 4.63. The Kier molecular flexibility index (Phi) is 1.07. The lowest BCUT2D eigenvalue weighted by molar-refractivity contribution is 0.0476. The van der Waals surface area contributed by atoms with E-state index in [9.17, 15) is 0 Å². The SMILES string of the molecule is CC1CC(C)C12C(C)C2C. The molecular weight excluding hydrogens is 120 g/mol. The highest BCUT2D eigenvalue weighted by molar-refractivity contribution is 5.17. The molecule has 0 radical (unpaired) electrons. The summed E-state index contributed by atoms with van der Waals surface area (Å²) in [7, 11) is 0. The quantitative estimate of drug-likeness (QED) is 0.483. The van der Waals surface area contributed by atoms with Crippen LogP contribution in [0.3, 0.4) is 0 Å². The molecule has 10 heavy (non-hydrogen) atoms. The van der Waals surface area contributed by atoms with Crippen LogP contribution < -0.4 is 0 Å². The molecule has 0 amide bonds. The van der Waals surface area contributed by atoms with Crippen LogP contribution in [0.2, 0.25) is 0 Å². The minimum absolute atomic E-state index is 0.806. The van der Waals surface area contributed by atoms with Gasteiger partial charge >= 0.3 is 0 Å². The van der Waals surface area contributed by atoms with Gasteiger partial charge in [-0.1, -0.05) is 27.7 Å². The van der Waals surface area contributed by atoms with Gasteiger partial charge in [0.2, 0.25) is 0 Å². The monoisotopic (exact) mass is 138 g/mol. The highest BCUT2D eigenvalue weighted by Gasteiger charge is 2.69. The lowest BCUT2D eigenvalue weighted by Gasteiger charge is -2.44. The van der Waals surface area contributed by atoms with Crippen LogP contribution in [0, 0.1) is 29.1 Å². The molecule has 0 aromatic rings. The molecule has 0 nitrogen and oxygen atoms in total. The van der Waals surface area contributed by atoms with E-state index in [1.54, 1.807) is 0 Å². The summed E-state index contributed by atoms with van der Waals surface area (Å²) in [4.78, 5) is 0. The second-order valence-corrected chi connectivity index (χ2v) is 4.62. The Morgan fingerprint density at radius 2 is 1.30 bits per heavy atom. The third kappa shape index (κ3) is 0.436. The molecule has 0 heteroatoms. The smallest absolute Gasteiger partial charge is 0.0189 e. The van der Waals surface area contributed by atoms with Gasteiger partial charge in [0.25, 0.3) is 0 Å². The van der Waals surface area contributed by atoms with Crippen molar-refractivity contribution in [3.05, 3.63) is 0 Å². The number of hydrogen-bond acceptors (Lipinski definition) is 0. The minimum atomic E-state index is 0.806. The van der Waals surface area contributed by atoms with Crippen LogP contribution in [0.5, 0.6) is 0 Å². The second-order valence-electron chi connectivity index (χ2n) is 4.62. The normalized spacial score (nSPS) is 66.0. The van der Waals surface area contributed by atoms with Gasteiger partial charge in [0.15, 0.2) is 0 Å². The number of hydrogen-bond donors (Lipinski definition) is 0. The fourth-order valence-electron chi connectivity index (χ4n) is 3.90. The van der Waals surface area contributed by atoms with E-state index >= 15 is 0 Å². The van der Waals surface area contributed by atoms with E-state index in [0.717, 1.165) is 29.1 Å². The van der Waals surface area contributed by atoms with Gasteiger partial charge in [-0.05, 0) is 35.5 Å². The van der Waals surface area contributed by atoms with Crippen LogP contribution in [-0.4, -0.2) is 0 Å². The first-order chi connectivity index (χ1) is 4.61. The van der Waals surface area contributed by atoms with Crippen molar-refractivity contribution in [3.63, 3.8) is 0 Å². The molecule has 1 spiro atoms. The molecule has 2 rings (SSSR count). The maximum Gasteiger partial charge on any atom is -0.0189 e. The molecule has 0 aliphatic heterocycles. The highest BCUT2D eigenvalue weighted by atomic mass is 14.7. The zero-order valence-corrected chi connectivity index (χ0v) is 7.52. The van der Waals surface area contributed by atoms with Gasteiger partial charge in [0.1, 0.15) is 0 Å². The topological polar surface area (TPSA) is 0 Å². The van der Waals surface area contributed by atoms with Crippen LogP contribution in [-0.2, 0) is 0 Å². The summed E-state index contributed by atoms with van der Waals surface area (Å²) in [6.45, 7) is 9.72. The van der Waals surface area contributed by atoms with E-state index in [2.05, 4.69) is 27.7 Å². The Labute approximate surface area is 64.0 Å². The molecule has 4 atom stereocenters. The summed E-state index contributed by atoms with van der Waals surface area (Å²) < 4.78 is 0. The van der Waals surface area contributed by atoms with Crippen molar-refractivity contribution < 1.29 is 0 Å². The first-order valence-corrected chi connectivity index (χ1v) is 4.61. The van der Waals surface area contributed by atoms with Gasteiger partial charge in [-0.15, -0.1) is 0 Å². The zero-order chi connectivity index (χ0) is 7.52. The van der Waals surface area contributed by atoms with Crippen molar-refractivity contribution >= 4 is 0 Å². The number of rotatable bonds is 0. The Hall–Kier alpha value is 0. The van der Waals surface area contributed by atoms with E-state index in [-0.39, 0.29) is 0 Å². The van der Waals surface area contributed by atoms with Crippen LogP contribution >= 0.6 is 0 Å². The van der Waals surface area contributed by atoms with Gasteiger partial charge in [-0.25, -0.2) is 0 Å². The van der Waals surface area contributed by atoms with Crippen molar-refractivity contribution in [2.45, 2.75) is 34.1 Å². The van der Waals surface area contributed by atoms with Crippen LogP contribution in [0.1, 0.15) is 34.1 Å². The first kappa shape index (κ1) is 6.69. The molecule has 0 N–H and O–H groups in total. The molecule has 0 bridgehead atoms. The Morgan fingerprint density at radius 3 is 1.40 bits per heavy atom. The maximum absolute atomic E-state index is 2.43. The Balaban J connectivity index is 2.17. The van der Waals surface area contributed by atoms with Gasteiger partial charge < -0.3 is 0 Å². The van der Waals surface area contributed by atoms with Crippen molar-refractivity contribution in [3.8, 4) is 0 Å². The predicted molar refractivity (Wildman–Crippen MR) is 43.7 cm³/mol. The van der Waals surface area contributed by atoms with E-state index in [1.807, 2.05) is 0 Å². The average Bonchev–Trinajstić information content (AvgIpc) is 2.40. The van der Waals surface area contributed by atoms with Crippen LogP contribution in [0.15, 0.2) is 0 Å². The molecule has 2 fully saturated rings. The molecule has 58 valence electrons. The summed E-state index contributed by atoms with van der Waals surface area (Å²) in [6, 6.07) is 0. The largest absolute Gasteiger partial charge is 0.0619 e. The highest BCUT2D eigenvalue weighted by Crippen LogP contribution is 2.74. The lowest BCUT2D eigenvalue weighted by atomic mass is 9.61. The van der Waals surface area contributed by atoms with Crippen LogP contribution in [0.25, 0.3) is 0 Å². The van der Waals surface area contributed by atoms with E-state index in [0.29, 0.717) is 0 Å². The molecule has 0 aromatic carbocycles. The molecule has 4 unspecified atom stereocenters. The van der Waals surface area contributed by atoms with Gasteiger partial charge in [-0.3, -0.25) is 0 Å². The van der Waals surface area contributed by atoms with Gasteiger partial charge in [-0.2, -0.15) is 0 Å². The Bertz CT molecular complexity index is 130. The van der Waals surface area contributed by atoms with Crippen molar-refractivity contribution in [1.82, 2.24) is 0 Å². The summed E-state index contributed by atoms with van der Waals surface area (Å²) in [6.07, 6.45) is 1.48.